The zero-order valence-electron chi connectivity index (χ0n) is 11.3. The lowest BCUT2D eigenvalue weighted by atomic mass is 9.87. The number of rotatable bonds is 4. The summed E-state index contributed by atoms with van der Waals surface area (Å²) in [4.78, 5) is 12.0. The van der Waals surface area contributed by atoms with Gasteiger partial charge in [-0.3, -0.25) is 4.79 Å². The predicted molar refractivity (Wildman–Crippen MR) is 77.6 cm³/mol. The van der Waals surface area contributed by atoms with Crippen LogP contribution in [0.5, 0.6) is 0 Å². The van der Waals surface area contributed by atoms with Gasteiger partial charge >= 0.3 is 0 Å². The van der Waals surface area contributed by atoms with Crippen molar-refractivity contribution in [1.82, 2.24) is 0 Å². The fraction of sp³-hybridized carbons (Fsp3) is 0.500. The van der Waals surface area contributed by atoms with E-state index in [4.69, 9.17) is 5.14 Å². The Balaban J connectivity index is 2.04. The number of hydrogen-bond donors (Lipinski definition) is 2. The summed E-state index contributed by atoms with van der Waals surface area (Å²) in [6, 6.07) is 6.20. The summed E-state index contributed by atoms with van der Waals surface area (Å²) >= 11 is 0. The topological polar surface area (TPSA) is 89.3 Å². The summed E-state index contributed by atoms with van der Waals surface area (Å²) in [5.41, 5.74) is 0.260. The second-order valence-electron chi connectivity index (χ2n) is 5.30. The van der Waals surface area contributed by atoms with Crippen molar-refractivity contribution in [3.8, 4) is 0 Å². The van der Waals surface area contributed by atoms with Crippen LogP contribution in [0.15, 0.2) is 29.2 Å². The summed E-state index contributed by atoms with van der Waals surface area (Å²) in [5, 5.41) is 7.80. The highest BCUT2D eigenvalue weighted by Gasteiger charge is 2.19. The SMILES string of the molecule is NS(=O)(=O)c1ccccc1NC(=O)CC1CCCCC1. The normalized spacial score (nSPS) is 16.9. The molecule has 1 aliphatic rings. The Morgan fingerprint density at radius 2 is 1.85 bits per heavy atom. The first kappa shape index (κ1) is 15.0. The molecule has 1 saturated carbocycles. The lowest BCUT2D eigenvalue weighted by Gasteiger charge is -2.21. The van der Waals surface area contributed by atoms with E-state index in [2.05, 4.69) is 5.32 Å². The molecule has 0 bridgehead atoms. The van der Waals surface area contributed by atoms with E-state index in [-0.39, 0.29) is 16.5 Å². The van der Waals surface area contributed by atoms with Gasteiger partial charge in [-0.2, -0.15) is 0 Å². The Morgan fingerprint density at radius 1 is 1.20 bits per heavy atom. The van der Waals surface area contributed by atoms with Crippen molar-refractivity contribution in [3.63, 3.8) is 0 Å². The highest BCUT2D eigenvalue weighted by molar-refractivity contribution is 7.89. The van der Waals surface area contributed by atoms with Gasteiger partial charge in [-0.15, -0.1) is 0 Å². The number of amides is 1. The highest BCUT2D eigenvalue weighted by Crippen LogP contribution is 2.27. The minimum absolute atomic E-state index is 0.0444. The van der Waals surface area contributed by atoms with Crippen LogP contribution in [0.3, 0.4) is 0 Å². The van der Waals surface area contributed by atoms with Crippen molar-refractivity contribution < 1.29 is 13.2 Å². The molecule has 2 rings (SSSR count). The maximum Gasteiger partial charge on any atom is 0.240 e. The smallest absolute Gasteiger partial charge is 0.240 e. The number of benzene rings is 1. The van der Waals surface area contributed by atoms with Crippen LogP contribution in [0.4, 0.5) is 5.69 Å². The van der Waals surface area contributed by atoms with Crippen molar-refractivity contribution in [2.75, 3.05) is 5.32 Å². The molecule has 0 spiro atoms. The van der Waals surface area contributed by atoms with Gasteiger partial charge in [0.1, 0.15) is 4.90 Å². The third kappa shape index (κ3) is 4.05. The number of para-hydroxylation sites is 1. The minimum Gasteiger partial charge on any atom is -0.325 e. The molecule has 1 aromatic rings. The molecule has 5 nitrogen and oxygen atoms in total. The van der Waals surface area contributed by atoms with Gasteiger partial charge in [0.2, 0.25) is 15.9 Å². The monoisotopic (exact) mass is 296 g/mol. The molecular weight excluding hydrogens is 276 g/mol. The van der Waals surface area contributed by atoms with E-state index in [0.29, 0.717) is 12.3 Å². The van der Waals surface area contributed by atoms with Gasteiger partial charge in [-0.25, -0.2) is 13.6 Å². The van der Waals surface area contributed by atoms with Gasteiger partial charge in [-0.1, -0.05) is 31.4 Å². The van der Waals surface area contributed by atoms with Crippen LogP contribution in [-0.4, -0.2) is 14.3 Å². The molecule has 0 aromatic heterocycles. The molecule has 6 heteroatoms. The van der Waals surface area contributed by atoms with Crippen LogP contribution in [0.2, 0.25) is 0 Å². The third-order valence-electron chi connectivity index (χ3n) is 3.67. The summed E-state index contributed by atoms with van der Waals surface area (Å²) in [6.45, 7) is 0. The zero-order chi connectivity index (χ0) is 14.6. The summed E-state index contributed by atoms with van der Waals surface area (Å²) < 4.78 is 22.9. The van der Waals surface area contributed by atoms with E-state index in [0.717, 1.165) is 12.8 Å². The van der Waals surface area contributed by atoms with Crippen LogP contribution < -0.4 is 10.5 Å². The first-order valence-electron chi connectivity index (χ1n) is 6.88. The molecule has 3 N–H and O–H groups in total. The number of nitrogens with one attached hydrogen (secondary N) is 1. The summed E-state index contributed by atoms with van der Waals surface area (Å²) in [5.74, 6) is 0.262. The van der Waals surface area contributed by atoms with E-state index >= 15 is 0 Å². The molecule has 0 aliphatic heterocycles. The van der Waals surface area contributed by atoms with E-state index in [1.807, 2.05) is 0 Å². The van der Waals surface area contributed by atoms with Gasteiger partial charge in [0.25, 0.3) is 0 Å². The Hall–Kier alpha value is -1.40. The molecule has 1 aromatic carbocycles. The zero-order valence-corrected chi connectivity index (χ0v) is 12.2. The van der Waals surface area contributed by atoms with Crippen molar-refractivity contribution in [3.05, 3.63) is 24.3 Å². The average molecular weight is 296 g/mol. The standard InChI is InChI=1S/C14H20N2O3S/c15-20(18,19)13-9-5-4-8-12(13)16-14(17)10-11-6-2-1-3-7-11/h4-5,8-9,11H,1-3,6-7,10H2,(H,16,17)(H2,15,18,19). The van der Waals surface area contributed by atoms with Crippen molar-refractivity contribution in [2.45, 2.75) is 43.4 Å². The molecular formula is C14H20N2O3S. The molecule has 1 fully saturated rings. The Labute approximate surface area is 119 Å². The van der Waals surface area contributed by atoms with E-state index in [1.165, 1.54) is 25.3 Å². The average Bonchev–Trinajstić information content (AvgIpc) is 2.39. The second kappa shape index (κ2) is 6.37. The van der Waals surface area contributed by atoms with Gasteiger partial charge in [0.05, 0.1) is 5.69 Å². The molecule has 1 aliphatic carbocycles. The van der Waals surface area contributed by atoms with E-state index in [9.17, 15) is 13.2 Å². The molecule has 0 heterocycles. The second-order valence-corrected chi connectivity index (χ2v) is 6.83. The van der Waals surface area contributed by atoms with Crippen molar-refractivity contribution >= 4 is 21.6 Å². The van der Waals surface area contributed by atoms with Gasteiger partial charge in [-0.05, 0) is 30.9 Å². The summed E-state index contributed by atoms with van der Waals surface area (Å²) in [7, 11) is -3.83. The highest BCUT2D eigenvalue weighted by atomic mass is 32.2. The fourth-order valence-electron chi connectivity index (χ4n) is 2.67. The summed E-state index contributed by atoms with van der Waals surface area (Å²) in [6.07, 6.45) is 6.18. The number of primary sulfonamides is 1. The lowest BCUT2D eigenvalue weighted by Crippen LogP contribution is -2.21. The van der Waals surface area contributed by atoms with Crippen LogP contribution in [0.1, 0.15) is 38.5 Å². The fourth-order valence-corrected chi connectivity index (χ4v) is 3.37. The number of hydrogen-bond acceptors (Lipinski definition) is 3. The first-order valence-corrected chi connectivity index (χ1v) is 8.43. The van der Waals surface area contributed by atoms with Gasteiger partial charge in [0.15, 0.2) is 0 Å². The molecule has 0 radical (unpaired) electrons. The number of sulfonamides is 1. The Morgan fingerprint density at radius 3 is 2.50 bits per heavy atom. The number of nitrogens with two attached hydrogens (primary N) is 1. The molecule has 20 heavy (non-hydrogen) atoms. The first-order chi connectivity index (χ1) is 9.47. The Bertz CT molecular complexity index is 578. The lowest BCUT2D eigenvalue weighted by molar-refractivity contribution is -0.117. The third-order valence-corrected chi connectivity index (χ3v) is 4.64. The van der Waals surface area contributed by atoms with Crippen LogP contribution in [-0.2, 0) is 14.8 Å². The predicted octanol–water partition coefficient (Wildman–Crippen LogP) is 2.24. The van der Waals surface area contributed by atoms with E-state index in [1.54, 1.807) is 18.2 Å². The Kier molecular flexibility index (Phi) is 4.77. The van der Waals surface area contributed by atoms with E-state index < -0.39 is 10.0 Å². The molecule has 1 amide bonds. The quantitative estimate of drug-likeness (QED) is 0.893. The largest absolute Gasteiger partial charge is 0.325 e. The van der Waals surface area contributed by atoms with Gasteiger partial charge in [0, 0.05) is 6.42 Å². The number of anilines is 1. The molecule has 0 saturated heterocycles. The van der Waals surface area contributed by atoms with Crippen molar-refractivity contribution in [1.29, 1.82) is 0 Å². The number of carbonyl (C=O) groups is 1. The minimum atomic E-state index is -3.83. The molecule has 0 unspecified atom stereocenters. The van der Waals surface area contributed by atoms with Gasteiger partial charge < -0.3 is 5.32 Å². The molecule has 110 valence electrons. The van der Waals surface area contributed by atoms with Crippen LogP contribution >= 0.6 is 0 Å². The maximum atomic E-state index is 12.0. The maximum absolute atomic E-state index is 12.0. The molecule has 0 atom stereocenters. The van der Waals surface area contributed by atoms with Crippen LogP contribution in [0.25, 0.3) is 0 Å². The van der Waals surface area contributed by atoms with Crippen LogP contribution in [0, 0.1) is 5.92 Å². The number of carbonyl (C=O) groups excluding carboxylic acids is 1. The van der Waals surface area contributed by atoms with Crippen molar-refractivity contribution in [2.24, 2.45) is 11.1 Å².